The highest BCUT2D eigenvalue weighted by molar-refractivity contribution is 6.68. The maximum atomic E-state index is 11.4. The molecule has 110 valence electrons. The topological polar surface area (TPSA) is 26.3 Å². The lowest BCUT2D eigenvalue weighted by Gasteiger charge is -2.13. The van der Waals surface area contributed by atoms with Crippen LogP contribution in [0.2, 0.25) is 10.0 Å². The van der Waals surface area contributed by atoms with E-state index in [0.717, 1.165) is 11.1 Å². The average molecular weight is 344 g/mol. The number of hydrogen-bond donors (Lipinski definition) is 0. The van der Waals surface area contributed by atoms with Gasteiger partial charge in [-0.3, -0.25) is 4.79 Å². The molecule has 0 amide bonds. The minimum Gasteiger partial charge on any atom is -0.488 e. The minimum atomic E-state index is -0.560. The Balaban J connectivity index is 2.29. The van der Waals surface area contributed by atoms with Crippen molar-refractivity contribution in [2.75, 3.05) is 0 Å². The van der Waals surface area contributed by atoms with Gasteiger partial charge in [-0.2, -0.15) is 0 Å². The predicted molar refractivity (Wildman–Crippen MR) is 86.9 cm³/mol. The van der Waals surface area contributed by atoms with Gasteiger partial charge in [-0.1, -0.05) is 35.3 Å². The number of halogens is 3. The average Bonchev–Trinajstić information content (AvgIpc) is 2.42. The summed E-state index contributed by atoms with van der Waals surface area (Å²) >= 11 is 17.8. The number of hydrogen-bond acceptors (Lipinski definition) is 2. The second-order valence-corrected chi connectivity index (χ2v) is 5.85. The molecule has 0 N–H and O–H groups in total. The lowest BCUT2D eigenvalue weighted by molar-refractivity contribution is 0.107. The smallest absolute Gasteiger partial charge is 0.252 e. The van der Waals surface area contributed by atoms with E-state index < -0.39 is 5.24 Å². The summed E-state index contributed by atoms with van der Waals surface area (Å²) in [5.41, 5.74) is 2.86. The van der Waals surface area contributed by atoms with E-state index in [1.54, 1.807) is 24.3 Å². The van der Waals surface area contributed by atoms with E-state index in [0.29, 0.717) is 26.9 Å². The van der Waals surface area contributed by atoms with Crippen molar-refractivity contribution in [2.45, 2.75) is 20.5 Å². The van der Waals surface area contributed by atoms with Crippen molar-refractivity contribution in [1.29, 1.82) is 0 Å². The molecule has 0 heterocycles. The van der Waals surface area contributed by atoms with Crippen LogP contribution in [0.4, 0.5) is 0 Å². The van der Waals surface area contributed by atoms with Gasteiger partial charge in [0.1, 0.15) is 12.4 Å². The Morgan fingerprint density at radius 2 is 1.81 bits per heavy atom. The fourth-order valence-corrected chi connectivity index (χ4v) is 2.56. The summed E-state index contributed by atoms with van der Waals surface area (Å²) in [4.78, 5) is 11.4. The molecule has 0 aromatic heterocycles. The fraction of sp³-hybridized carbons (Fsp3) is 0.188. The predicted octanol–water partition coefficient (Wildman–Crippen LogP) is 5.57. The highest BCUT2D eigenvalue weighted by Gasteiger charge is 2.13. The molecule has 0 aliphatic heterocycles. The Labute approximate surface area is 138 Å². The molecule has 0 aliphatic carbocycles. The van der Waals surface area contributed by atoms with E-state index in [4.69, 9.17) is 39.5 Å². The number of benzene rings is 2. The van der Waals surface area contributed by atoms with Crippen molar-refractivity contribution in [3.63, 3.8) is 0 Å². The van der Waals surface area contributed by atoms with Crippen LogP contribution in [0.1, 0.15) is 27.0 Å². The lowest BCUT2D eigenvalue weighted by atomic mass is 10.1. The lowest BCUT2D eigenvalue weighted by Crippen LogP contribution is -2.04. The van der Waals surface area contributed by atoms with Crippen LogP contribution in [-0.4, -0.2) is 5.24 Å². The van der Waals surface area contributed by atoms with E-state index >= 15 is 0 Å². The van der Waals surface area contributed by atoms with Crippen molar-refractivity contribution in [3.05, 3.63) is 62.6 Å². The van der Waals surface area contributed by atoms with Crippen LogP contribution in [0.5, 0.6) is 5.75 Å². The monoisotopic (exact) mass is 342 g/mol. The van der Waals surface area contributed by atoms with E-state index in [1.165, 1.54) is 0 Å². The van der Waals surface area contributed by atoms with Crippen molar-refractivity contribution in [3.8, 4) is 5.75 Å². The Morgan fingerprint density at radius 3 is 2.48 bits per heavy atom. The molecule has 0 spiro atoms. The van der Waals surface area contributed by atoms with E-state index in [1.807, 2.05) is 19.9 Å². The molecular formula is C16H13Cl3O2. The molecule has 2 nitrogen and oxygen atoms in total. The molecule has 0 unspecified atom stereocenters. The fourth-order valence-electron chi connectivity index (χ4n) is 2.00. The number of carbonyl (C=O) groups is 1. The van der Waals surface area contributed by atoms with Gasteiger partial charge in [0.25, 0.3) is 5.24 Å². The minimum absolute atomic E-state index is 0.147. The molecule has 0 bridgehead atoms. The summed E-state index contributed by atoms with van der Waals surface area (Å²) in [6.45, 7) is 4.00. The molecule has 2 rings (SSSR count). The molecule has 0 fully saturated rings. The third-order valence-corrected chi connectivity index (χ3v) is 4.12. The van der Waals surface area contributed by atoms with Crippen LogP contribution < -0.4 is 4.74 Å². The highest BCUT2D eigenvalue weighted by atomic mass is 35.5. The van der Waals surface area contributed by atoms with Crippen LogP contribution in [0, 0.1) is 13.8 Å². The summed E-state index contributed by atoms with van der Waals surface area (Å²) in [5.74, 6) is 0.651. The van der Waals surface area contributed by atoms with Crippen molar-refractivity contribution < 1.29 is 9.53 Å². The van der Waals surface area contributed by atoms with Crippen molar-refractivity contribution in [1.82, 2.24) is 0 Å². The zero-order chi connectivity index (χ0) is 15.6. The quantitative estimate of drug-likeness (QED) is 0.678. The molecule has 0 saturated heterocycles. The third-order valence-electron chi connectivity index (χ3n) is 3.16. The van der Waals surface area contributed by atoms with Crippen LogP contribution in [0.25, 0.3) is 0 Å². The van der Waals surface area contributed by atoms with Gasteiger partial charge in [-0.05, 0) is 54.8 Å². The first kappa shape index (κ1) is 16.2. The Hall–Kier alpha value is -1.22. The summed E-state index contributed by atoms with van der Waals surface area (Å²) in [6, 6.07) is 8.69. The second-order valence-electron chi connectivity index (χ2n) is 4.70. The van der Waals surface area contributed by atoms with Crippen LogP contribution in [0.15, 0.2) is 30.3 Å². The van der Waals surface area contributed by atoms with Gasteiger partial charge in [0.2, 0.25) is 0 Å². The Kier molecular flexibility index (Phi) is 5.15. The number of ether oxygens (including phenoxy) is 1. The summed E-state index contributed by atoms with van der Waals surface area (Å²) in [5, 5.41) is 0.510. The molecule has 0 radical (unpaired) electrons. The highest BCUT2D eigenvalue weighted by Crippen LogP contribution is 2.29. The van der Waals surface area contributed by atoms with Gasteiger partial charge in [0.05, 0.1) is 0 Å². The standard InChI is InChI=1S/C16H13Cl3O2/c1-9-6-10(2)15(7-14(9)18)21-8-12-11(16(19)20)4-3-5-13(12)17/h3-7H,8H2,1-2H3. The van der Waals surface area contributed by atoms with Gasteiger partial charge in [0.15, 0.2) is 0 Å². The normalized spacial score (nSPS) is 10.5. The number of rotatable bonds is 4. The molecule has 2 aromatic carbocycles. The summed E-state index contributed by atoms with van der Waals surface area (Å²) < 4.78 is 5.75. The van der Waals surface area contributed by atoms with Crippen LogP contribution >= 0.6 is 34.8 Å². The van der Waals surface area contributed by atoms with Crippen LogP contribution in [-0.2, 0) is 6.61 Å². The summed E-state index contributed by atoms with van der Waals surface area (Å²) in [6.07, 6.45) is 0. The molecule has 2 aromatic rings. The SMILES string of the molecule is Cc1cc(C)c(OCc2c(Cl)cccc2C(=O)Cl)cc1Cl. The van der Waals surface area contributed by atoms with Crippen molar-refractivity contribution in [2.24, 2.45) is 0 Å². The zero-order valence-electron chi connectivity index (χ0n) is 11.5. The van der Waals surface area contributed by atoms with Crippen molar-refractivity contribution >= 4 is 40.0 Å². The molecular weight excluding hydrogens is 331 g/mol. The molecule has 0 aliphatic rings. The van der Waals surface area contributed by atoms with Gasteiger partial charge in [-0.25, -0.2) is 0 Å². The molecule has 5 heteroatoms. The van der Waals surface area contributed by atoms with E-state index in [2.05, 4.69) is 0 Å². The number of aryl methyl sites for hydroxylation is 2. The first-order valence-corrected chi connectivity index (χ1v) is 7.40. The number of carbonyl (C=O) groups excluding carboxylic acids is 1. The Morgan fingerprint density at radius 1 is 1.10 bits per heavy atom. The molecule has 0 saturated carbocycles. The van der Waals surface area contributed by atoms with Gasteiger partial charge < -0.3 is 4.74 Å². The zero-order valence-corrected chi connectivity index (χ0v) is 13.8. The Bertz CT molecular complexity index is 696. The summed E-state index contributed by atoms with van der Waals surface area (Å²) in [7, 11) is 0. The van der Waals surface area contributed by atoms with Crippen LogP contribution in [0.3, 0.4) is 0 Å². The molecule has 0 atom stereocenters. The maximum absolute atomic E-state index is 11.4. The largest absolute Gasteiger partial charge is 0.488 e. The first-order chi connectivity index (χ1) is 9.90. The van der Waals surface area contributed by atoms with Gasteiger partial charge in [0, 0.05) is 21.2 Å². The van der Waals surface area contributed by atoms with Gasteiger partial charge >= 0.3 is 0 Å². The third kappa shape index (κ3) is 3.70. The van der Waals surface area contributed by atoms with Gasteiger partial charge in [-0.15, -0.1) is 0 Å². The second kappa shape index (κ2) is 6.69. The van der Waals surface area contributed by atoms with E-state index in [9.17, 15) is 4.79 Å². The molecule has 21 heavy (non-hydrogen) atoms. The first-order valence-electron chi connectivity index (χ1n) is 6.27. The van der Waals surface area contributed by atoms with E-state index in [-0.39, 0.29) is 6.61 Å². The maximum Gasteiger partial charge on any atom is 0.252 e.